The Morgan fingerprint density at radius 2 is 1.90 bits per heavy atom. The van der Waals surface area contributed by atoms with Gasteiger partial charge in [0.15, 0.2) is 0 Å². The van der Waals surface area contributed by atoms with Gasteiger partial charge in [0.2, 0.25) is 0 Å². The van der Waals surface area contributed by atoms with Gasteiger partial charge >= 0.3 is 6.09 Å². The monoisotopic (exact) mass is 415 g/mol. The van der Waals surface area contributed by atoms with Crippen LogP contribution in [0.4, 0.5) is 16.2 Å². The number of amides is 1. The van der Waals surface area contributed by atoms with Crippen LogP contribution in [0.3, 0.4) is 0 Å². The number of likely N-dealkylation sites (tertiary alicyclic amines) is 1. The van der Waals surface area contributed by atoms with E-state index in [1.54, 1.807) is 42.6 Å². The molecule has 0 atom stereocenters. The van der Waals surface area contributed by atoms with E-state index in [0.29, 0.717) is 29.6 Å². The van der Waals surface area contributed by atoms with Gasteiger partial charge in [0.05, 0.1) is 22.5 Å². The molecular weight excluding hydrogens is 394 g/mol. The van der Waals surface area contributed by atoms with Crippen LogP contribution in [0.15, 0.2) is 53.7 Å². The normalized spacial score (nSPS) is 15.5. The zero-order valence-electron chi connectivity index (χ0n) is 15.5. The summed E-state index contributed by atoms with van der Waals surface area (Å²) < 4.78 is 28.7. The lowest BCUT2D eigenvalue weighted by Gasteiger charge is -2.38. The molecule has 2 aromatic heterocycles. The van der Waals surface area contributed by atoms with E-state index in [2.05, 4.69) is 9.97 Å². The number of nitrogens with two attached hydrogens (primary N) is 1. The molecule has 1 aliphatic heterocycles. The number of pyridine rings is 1. The molecule has 1 saturated heterocycles. The lowest BCUT2D eigenvalue weighted by molar-refractivity contribution is 0.133. The molecule has 9 nitrogen and oxygen atoms in total. The molecular formula is C19H21N5O4S. The summed E-state index contributed by atoms with van der Waals surface area (Å²) in [6.07, 6.45) is 2.85. The van der Waals surface area contributed by atoms with Gasteiger partial charge < -0.3 is 20.7 Å². The number of nitrogens with one attached hydrogen (secondary N) is 1. The van der Waals surface area contributed by atoms with Gasteiger partial charge in [-0.25, -0.2) is 18.2 Å². The van der Waals surface area contributed by atoms with E-state index in [0.717, 1.165) is 0 Å². The number of hydrogen-bond donors (Lipinski definition) is 3. The molecule has 0 saturated carbocycles. The number of anilines is 2. The molecule has 3 aromatic rings. The van der Waals surface area contributed by atoms with Crippen LogP contribution in [0, 0.1) is 0 Å². The highest BCUT2D eigenvalue weighted by molar-refractivity contribution is 7.93. The molecule has 1 amide bonds. The van der Waals surface area contributed by atoms with E-state index in [4.69, 9.17) is 5.73 Å². The fraction of sp³-hybridized carbons (Fsp3) is 0.263. The van der Waals surface area contributed by atoms with Crippen molar-refractivity contribution in [3.8, 4) is 0 Å². The van der Waals surface area contributed by atoms with Gasteiger partial charge in [-0.05, 0) is 31.0 Å². The third kappa shape index (κ3) is 3.35. The number of nitrogens with zero attached hydrogens (tertiary/aromatic N) is 3. The van der Waals surface area contributed by atoms with Gasteiger partial charge in [0.25, 0.3) is 10.0 Å². The summed E-state index contributed by atoms with van der Waals surface area (Å²) in [7, 11) is -3.94. The number of nitrogen functional groups attached to an aromatic ring is 1. The SMILES string of the molecule is Nc1cnc2[nH]ccc2c1N(C1CCN(C(=O)O)CC1)S(=O)(=O)c1ccccc1. The van der Waals surface area contributed by atoms with E-state index in [1.165, 1.54) is 15.4 Å². The van der Waals surface area contributed by atoms with Crippen LogP contribution < -0.4 is 10.0 Å². The highest BCUT2D eigenvalue weighted by atomic mass is 32.2. The predicted octanol–water partition coefficient (Wildman–Crippen LogP) is 2.48. The van der Waals surface area contributed by atoms with E-state index in [-0.39, 0.29) is 23.7 Å². The van der Waals surface area contributed by atoms with Crippen LogP contribution in [0.1, 0.15) is 12.8 Å². The second-order valence-corrected chi connectivity index (χ2v) is 8.73. The van der Waals surface area contributed by atoms with Crippen molar-refractivity contribution in [3.05, 3.63) is 48.8 Å². The number of benzene rings is 1. The summed E-state index contributed by atoms with van der Waals surface area (Å²) in [6.45, 7) is 0.504. The number of fused-ring (bicyclic) bond motifs is 1. The third-order valence-corrected chi connectivity index (χ3v) is 7.04. The van der Waals surface area contributed by atoms with Crippen molar-refractivity contribution in [2.24, 2.45) is 0 Å². The second kappa shape index (κ2) is 7.28. The summed E-state index contributed by atoms with van der Waals surface area (Å²) in [4.78, 5) is 19.9. The van der Waals surface area contributed by atoms with Crippen LogP contribution in [0.25, 0.3) is 11.0 Å². The minimum absolute atomic E-state index is 0.153. The molecule has 29 heavy (non-hydrogen) atoms. The van der Waals surface area contributed by atoms with Crippen LogP contribution in [-0.2, 0) is 10.0 Å². The standard InChI is InChI=1S/C19H21N5O4S/c20-16-12-22-18-15(6-9-21-18)17(16)24(13-7-10-23(11-8-13)19(25)26)29(27,28)14-4-2-1-3-5-14/h1-6,9,12-13H,7-8,10-11,20H2,(H,21,22)(H,25,26). The molecule has 10 heteroatoms. The van der Waals surface area contributed by atoms with Crippen molar-refractivity contribution >= 4 is 38.5 Å². The summed E-state index contributed by atoms with van der Waals surface area (Å²) in [5.41, 5.74) is 7.37. The number of aromatic amines is 1. The second-order valence-electron chi connectivity index (χ2n) is 6.92. The third-order valence-electron chi connectivity index (χ3n) is 5.17. The summed E-state index contributed by atoms with van der Waals surface area (Å²) in [5, 5.41) is 9.84. The molecule has 1 aromatic carbocycles. The number of H-pyrrole nitrogens is 1. The van der Waals surface area contributed by atoms with Crippen molar-refractivity contribution in [1.82, 2.24) is 14.9 Å². The van der Waals surface area contributed by atoms with Crippen LogP contribution in [0.2, 0.25) is 0 Å². The molecule has 4 N–H and O–H groups in total. The number of carboxylic acid groups (broad SMARTS) is 1. The van der Waals surface area contributed by atoms with Crippen molar-refractivity contribution in [2.75, 3.05) is 23.1 Å². The lowest BCUT2D eigenvalue weighted by Crippen LogP contribution is -2.49. The Kier molecular flexibility index (Phi) is 4.79. The quantitative estimate of drug-likeness (QED) is 0.600. The Labute approximate surface area is 167 Å². The lowest BCUT2D eigenvalue weighted by atomic mass is 10.0. The number of aromatic nitrogens is 2. The van der Waals surface area contributed by atoms with Gasteiger partial charge in [0, 0.05) is 30.7 Å². The summed E-state index contributed by atoms with van der Waals surface area (Å²) >= 11 is 0. The van der Waals surface area contributed by atoms with Crippen LogP contribution in [-0.4, -0.2) is 53.6 Å². The smallest absolute Gasteiger partial charge is 0.407 e. The van der Waals surface area contributed by atoms with E-state index >= 15 is 0 Å². The first-order valence-electron chi connectivity index (χ1n) is 9.18. The maximum atomic E-state index is 13.7. The average molecular weight is 415 g/mol. The van der Waals surface area contributed by atoms with Crippen molar-refractivity contribution in [1.29, 1.82) is 0 Å². The Hall–Kier alpha value is -3.27. The highest BCUT2D eigenvalue weighted by Gasteiger charge is 2.37. The molecule has 0 radical (unpaired) electrons. The van der Waals surface area contributed by atoms with Gasteiger partial charge in [-0.3, -0.25) is 4.31 Å². The molecule has 0 aliphatic carbocycles. The summed E-state index contributed by atoms with van der Waals surface area (Å²) in [6, 6.07) is 9.48. The van der Waals surface area contributed by atoms with Gasteiger partial charge in [-0.1, -0.05) is 18.2 Å². The number of carbonyl (C=O) groups is 1. The largest absolute Gasteiger partial charge is 0.465 e. The van der Waals surface area contributed by atoms with E-state index in [1.807, 2.05) is 0 Å². The molecule has 3 heterocycles. The van der Waals surface area contributed by atoms with Crippen molar-refractivity contribution in [2.45, 2.75) is 23.8 Å². The molecule has 0 spiro atoms. The molecule has 0 bridgehead atoms. The zero-order chi connectivity index (χ0) is 20.6. The average Bonchev–Trinajstić information content (AvgIpc) is 3.20. The van der Waals surface area contributed by atoms with Gasteiger partial charge in [-0.2, -0.15) is 0 Å². The molecule has 1 fully saturated rings. The Morgan fingerprint density at radius 1 is 1.21 bits per heavy atom. The van der Waals surface area contributed by atoms with Crippen LogP contribution in [0.5, 0.6) is 0 Å². The fourth-order valence-electron chi connectivity index (χ4n) is 3.75. The van der Waals surface area contributed by atoms with E-state index < -0.39 is 22.2 Å². The number of piperidine rings is 1. The van der Waals surface area contributed by atoms with E-state index in [9.17, 15) is 18.3 Å². The number of rotatable bonds is 4. The van der Waals surface area contributed by atoms with Crippen molar-refractivity contribution < 1.29 is 18.3 Å². The first-order chi connectivity index (χ1) is 13.9. The first-order valence-corrected chi connectivity index (χ1v) is 10.6. The Balaban J connectivity index is 1.85. The van der Waals surface area contributed by atoms with Crippen LogP contribution >= 0.6 is 0 Å². The zero-order valence-corrected chi connectivity index (χ0v) is 16.3. The Bertz CT molecular complexity index is 1140. The minimum Gasteiger partial charge on any atom is -0.465 e. The predicted molar refractivity (Wildman–Crippen MR) is 109 cm³/mol. The minimum atomic E-state index is -3.94. The Morgan fingerprint density at radius 3 is 2.55 bits per heavy atom. The van der Waals surface area contributed by atoms with Gasteiger partial charge in [0.1, 0.15) is 5.65 Å². The molecule has 1 aliphatic rings. The number of sulfonamides is 1. The molecule has 4 rings (SSSR count). The molecule has 0 unspecified atom stereocenters. The highest BCUT2D eigenvalue weighted by Crippen LogP contribution is 2.38. The number of hydrogen-bond acceptors (Lipinski definition) is 5. The molecule has 152 valence electrons. The maximum absolute atomic E-state index is 13.7. The van der Waals surface area contributed by atoms with Crippen molar-refractivity contribution in [3.63, 3.8) is 0 Å². The first kappa shape index (κ1) is 19.1. The topological polar surface area (TPSA) is 133 Å². The maximum Gasteiger partial charge on any atom is 0.407 e. The van der Waals surface area contributed by atoms with Gasteiger partial charge in [-0.15, -0.1) is 0 Å². The fourth-order valence-corrected chi connectivity index (χ4v) is 5.53. The summed E-state index contributed by atoms with van der Waals surface area (Å²) in [5.74, 6) is 0.